The Labute approximate surface area is 226 Å². The zero-order valence-corrected chi connectivity index (χ0v) is 25.9. The zero-order chi connectivity index (χ0) is 30.0. The molecular formula is C31H53FN2O3. The Kier molecular flexibility index (Phi) is 20.3. The van der Waals surface area contributed by atoms with Crippen LogP contribution in [0.3, 0.4) is 0 Å². The number of rotatable bonds is 7. The number of Topliss-reactive ketones (excluding diaryl/α,β-unsaturated/α-hetero) is 2. The summed E-state index contributed by atoms with van der Waals surface area (Å²) in [6, 6.07) is 0. The topological polar surface area (TPSA) is 75.3 Å². The van der Waals surface area contributed by atoms with Crippen molar-refractivity contribution < 1.29 is 18.8 Å². The van der Waals surface area contributed by atoms with E-state index >= 15 is 0 Å². The summed E-state index contributed by atoms with van der Waals surface area (Å²) in [6.07, 6.45) is 10.1. The van der Waals surface area contributed by atoms with E-state index < -0.39 is 5.67 Å². The summed E-state index contributed by atoms with van der Waals surface area (Å²) in [5, 5.41) is 5.51. The van der Waals surface area contributed by atoms with Gasteiger partial charge in [0.1, 0.15) is 5.67 Å². The van der Waals surface area contributed by atoms with Crippen LogP contribution in [-0.2, 0) is 14.4 Å². The van der Waals surface area contributed by atoms with Crippen LogP contribution in [0.1, 0.15) is 95.9 Å². The largest absolute Gasteiger partial charge is 0.388 e. The molecule has 0 unspecified atom stereocenters. The van der Waals surface area contributed by atoms with Crippen molar-refractivity contribution in [2.75, 3.05) is 14.1 Å². The summed E-state index contributed by atoms with van der Waals surface area (Å²) < 4.78 is 13.9. The molecule has 1 rings (SSSR count). The van der Waals surface area contributed by atoms with Gasteiger partial charge in [0, 0.05) is 31.8 Å². The van der Waals surface area contributed by atoms with Crippen LogP contribution >= 0.6 is 0 Å². The number of hydrogen-bond donors (Lipinski definition) is 2. The van der Waals surface area contributed by atoms with E-state index in [9.17, 15) is 18.8 Å². The quantitative estimate of drug-likeness (QED) is 0.344. The van der Waals surface area contributed by atoms with Crippen LogP contribution in [0.15, 0.2) is 58.4 Å². The van der Waals surface area contributed by atoms with E-state index in [1.165, 1.54) is 20.9 Å². The van der Waals surface area contributed by atoms with Gasteiger partial charge in [0.2, 0.25) is 5.91 Å². The number of carbonyl (C=O) groups is 3. The molecule has 0 spiro atoms. The van der Waals surface area contributed by atoms with E-state index in [4.69, 9.17) is 0 Å². The smallest absolute Gasteiger partial charge is 0.220 e. The molecule has 0 saturated carbocycles. The molecule has 0 aromatic rings. The molecule has 1 aliphatic rings. The van der Waals surface area contributed by atoms with Crippen molar-refractivity contribution >= 4 is 17.5 Å². The van der Waals surface area contributed by atoms with Gasteiger partial charge in [-0.2, -0.15) is 0 Å². The van der Waals surface area contributed by atoms with Crippen molar-refractivity contribution in [2.45, 2.75) is 102 Å². The lowest BCUT2D eigenvalue weighted by atomic mass is 9.92. The van der Waals surface area contributed by atoms with Crippen LogP contribution in [0, 0.1) is 5.41 Å². The fraction of sp³-hybridized carbons (Fsp3) is 0.581. The Hall–Kier alpha value is -2.76. The van der Waals surface area contributed by atoms with Gasteiger partial charge in [0.05, 0.1) is 0 Å². The number of likely N-dealkylation sites (N-methyl/N-ethyl adjacent to an activating group) is 1. The molecule has 0 heterocycles. The first-order valence-electron chi connectivity index (χ1n) is 12.9. The van der Waals surface area contributed by atoms with Crippen molar-refractivity contribution in [3.8, 4) is 0 Å². The third-order valence-electron chi connectivity index (χ3n) is 4.69. The van der Waals surface area contributed by atoms with Gasteiger partial charge in [-0.05, 0) is 82.2 Å². The second-order valence-corrected chi connectivity index (χ2v) is 10.5. The van der Waals surface area contributed by atoms with E-state index in [0.717, 1.165) is 16.8 Å². The van der Waals surface area contributed by atoms with Gasteiger partial charge in [-0.3, -0.25) is 14.4 Å². The standard InChI is InChI=1S/C13H18FN.C11H17NO3.C5H12.C2H6/c1-10-6-5-7-11(15-4)8-9-12(10)13(2,3)14;1-7(8(2)13)10(9(3)14)5-6-11(15)12-4;1-5(2,3)4;1-2/h5-9,15H,1-4H3;5-6H2,1-4H3,(H,12,15);1-4H3;1-2H3/b6-5?,7-5+,9-8?,10-6+,11-7?,11-8+,12-9+,12-10?;10-7-;;. The van der Waals surface area contributed by atoms with Crippen LogP contribution in [0.25, 0.3) is 0 Å². The first-order valence-corrected chi connectivity index (χ1v) is 12.9. The first-order chi connectivity index (χ1) is 16.8. The molecule has 212 valence electrons. The Morgan fingerprint density at radius 2 is 1.32 bits per heavy atom. The van der Waals surface area contributed by atoms with E-state index in [2.05, 4.69) is 38.3 Å². The summed E-state index contributed by atoms with van der Waals surface area (Å²) in [5.74, 6) is -0.409. The molecule has 5 nitrogen and oxygen atoms in total. The average Bonchev–Trinajstić information content (AvgIpc) is 2.75. The molecule has 0 aliphatic heterocycles. The molecule has 0 fully saturated rings. The fourth-order valence-corrected chi connectivity index (χ4v) is 2.78. The lowest BCUT2D eigenvalue weighted by molar-refractivity contribution is -0.120. The molecule has 0 radical (unpaired) electrons. The fourth-order valence-electron chi connectivity index (χ4n) is 2.78. The van der Waals surface area contributed by atoms with Gasteiger partial charge in [0.15, 0.2) is 11.6 Å². The molecule has 2 N–H and O–H groups in total. The van der Waals surface area contributed by atoms with Crippen molar-refractivity contribution in [3.05, 3.63) is 58.4 Å². The first kappa shape index (κ1) is 38.8. The van der Waals surface area contributed by atoms with Gasteiger partial charge in [-0.25, -0.2) is 4.39 Å². The van der Waals surface area contributed by atoms with Gasteiger partial charge < -0.3 is 10.6 Å². The number of allylic oxidation sites excluding steroid dienone is 9. The molecule has 0 saturated heterocycles. The maximum atomic E-state index is 13.9. The van der Waals surface area contributed by atoms with Crippen LogP contribution in [0.5, 0.6) is 0 Å². The summed E-state index contributed by atoms with van der Waals surface area (Å²) >= 11 is 0. The minimum Gasteiger partial charge on any atom is -0.388 e. The summed E-state index contributed by atoms with van der Waals surface area (Å²) in [6.45, 7) is 22.3. The third kappa shape index (κ3) is 21.1. The van der Waals surface area contributed by atoms with E-state index in [1.807, 2.05) is 58.2 Å². The van der Waals surface area contributed by atoms with Crippen LogP contribution in [-0.4, -0.2) is 37.2 Å². The van der Waals surface area contributed by atoms with Crippen LogP contribution < -0.4 is 10.6 Å². The molecule has 6 heteroatoms. The number of alkyl halides is 1. The molecule has 0 atom stereocenters. The molecule has 1 amide bonds. The number of amides is 1. The predicted octanol–water partition coefficient (Wildman–Crippen LogP) is 7.37. The summed E-state index contributed by atoms with van der Waals surface area (Å²) in [4.78, 5) is 33.3. The Morgan fingerprint density at radius 1 is 0.838 bits per heavy atom. The van der Waals surface area contributed by atoms with E-state index in [-0.39, 0.29) is 23.9 Å². The third-order valence-corrected chi connectivity index (χ3v) is 4.69. The lowest BCUT2D eigenvalue weighted by Gasteiger charge is -2.20. The second-order valence-electron chi connectivity index (χ2n) is 10.5. The maximum Gasteiger partial charge on any atom is 0.220 e. The van der Waals surface area contributed by atoms with E-state index in [0.29, 0.717) is 23.0 Å². The normalized spacial score (nSPS) is 18.6. The van der Waals surface area contributed by atoms with Gasteiger partial charge in [-0.1, -0.05) is 59.8 Å². The molecule has 1 aliphatic carbocycles. The van der Waals surface area contributed by atoms with Crippen LogP contribution in [0.2, 0.25) is 0 Å². The van der Waals surface area contributed by atoms with Crippen molar-refractivity contribution in [1.82, 2.24) is 10.6 Å². The molecule has 0 aromatic heterocycles. The van der Waals surface area contributed by atoms with Crippen LogP contribution in [0.4, 0.5) is 4.39 Å². The van der Waals surface area contributed by atoms with Gasteiger partial charge in [-0.15, -0.1) is 0 Å². The van der Waals surface area contributed by atoms with Gasteiger partial charge >= 0.3 is 0 Å². The Morgan fingerprint density at radius 3 is 1.68 bits per heavy atom. The maximum absolute atomic E-state index is 13.9. The van der Waals surface area contributed by atoms with Crippen molar-refractivity contribution in [2.24, 2.45) is 5.41 Å². The molecular weight excluding hydrogens is 467 g/mol. The average molecular weight is 521 g/mol. The zero-order valence-electron chi connectivity index (χ0n) is 25.9. The summed E-state index contributed by atoms with van der Waals surface area (Å²) in [5.41, 5.74) is 2.75. The minimum atomic E-state index is -1.30. The summed E-state index contributed by atoms with van der Waals surface area (Å²) in [7, 11) is 3.39. The Balaban J connectivity index is -0.000000500. The monoisotopic (exact) mass is 520 g/mol. The number of hydrogen-bond acceptors (Lipinski definition) is 4. The molecule has 0 bridgehead atoms. The lowest BCUT2D eigenvalue weighted by Crippen LogP contribution is -2.18. The highest BCUT2D eigenvalue weighted by Crippen LogP contribution is 2.28. The number of carbonyl (C=O) groups excluding carboxylic acids is 3. The van der Waals surface area contributed by atoms with Crippen molar-refractivity contribution in [1.29, 1.82) is 0 Å². The predicted molar refractivity (Wildman–Crippen MR) is 157 cm³/mol. The number of ketones is 2. The van der Waals surface area contributed by atoms with Crippen molar-refractivity contribution in [3.63, 3.8) is 0 Å². The SMILES string of the molecule is CC.CC(C)(C)C.CNC(=O)CC/C(C(C)=O)=C(\C)C(C)=O.CNC1=C/C=C(C(C)(C)F)\C(C)=C\C=C\1. The highest BCUT2D eigenvalue weighted by molar-refractivity contribution is 6.04. The number of halogens is 1. The second kappa shape index (κ2) is 19.4. The highest BCUT2D eigenvalue weighted by atomic mass is 19.1. The minimum absolute atomic E-state index is 0.128. The molecule has 37 heavy (non-hydrogen) atoms. The number of nitrogens with one attached hydrogen (secondary N) is 2. The Bertz CT molecular complexity index is 884. The molecule has 0 aromatic carbocycles. The van der Waals surface area contributed by atoms with Gasteiger partial charge in [0.25, 0.3) is 0 Å². The highest BCUT2D eigenvalue weighted by Gasteiger charge is 2.22. The van der Waals surface area contributed by atoms with E-state index in [1.54, 1.807) is 20.8 Å².